The van der Waals surface area contributed by atoms with E-state index in [1.807, 2.05) is 36.4 Å². The van der Waals surface area contributed by atoms with E-state index in [4.69, 9.17) is 16.0 Å². The average molecular weight is 479 g/mol. The van der Waals surface area contributed by atoms with Gasteiger partial charge in [0.15, 0.2) is 11.9 Å². The Bertz CT molecular complexity index is 1100. The van der Waals surface area contributed by atoms with Gasteiger partial charge in [-0.15, -0.1) is 5.10 Å². The molecule has 2 N–H and O–H groups in total. The highest BCUT2D eigenvalue weighted by atomic mass is 16.5. The van der Waals surface area contributed by atoms with Crippen molar-refractivity contribution in [2.75, 3.05) is 26.8 Å². The highest BCUT2D eigenvalue weighted by Gasteiger charge is 2.32. The van der Waals surface area contributed by atoms with Gasteiger partial charge in [0, 0.05) is 12.3 Å². The van der Waals surface area contributed by atoms with Crippen molar-refractivity contribution in [3.05, 3.63) is 77.5 Å². The molecule has 1 aromatic carbocycles. The molecule has 3 rings (SSSR count). The Morgan fingerprint density at radius 1 is 1.17 bits per heavy atom. The van der Waals surface area contributed by atoms with E-state index in [-0.39, 0.29) is 25.7 Å². The maximum Gasteiger partial charge on any atom is 0.240 e. The van der Waals surface area contributed by atoms with Crippen molar-refractivity contribution in [1.29, 1.82) is 0 Å². The Morgan fingerprint density at radius 2 is 1.94 bits per heavy atom. The number of ether oxygens (including phenoxy) is 2. The number of carbonyl (C=O) groups is 1. The van der Waals surface area contributed by atoms with Gasteiger partial charge in [0.1, 0.15) is 12.6 Å². The summed E-state index contributed by atoms with van der Waals surface area (Å²) in [5.41, 5.74) is 0.177. The molecule has 0 aliphatic carbocycles. The molecular formula is C24H30N8O3. The van der Waals surface area contributed by atoms with Crippen LogP contribution in [0.1, 0.15) is 37.3 Å². The number of amides is 1. The van der Waals surface area contributed by atoms with Crippen molar-refractivity contribution in [3.63, 3.8) is 0 Å². The zero-order valence-electron chi connectivity index (χ0n) is 20.1. The molecule has 2 heterocycles. The second kappa shape index (κ2) is 12.5. The van der Waals surface area contributed by atoms with Crippen LogP contribution in [0.25, 0.3) is 4.85 Å². The van der Waals surface area contributed by atoms with Crippen LogP contribution in [0.15, 0.2) is 54.7 Å². The Labute approximate surface area is 204 Å². The number of pyridine rings is 1. The molecular weight excluding hydrogens is 448 g/mol. The maximum absolute atomic E-state index is 13.0. The van der Waals surface area contributed by atoms with Crippen LogP contribution in [0.5, 0.6) is 5.88 Å². The predicted octanol–water partition coefficient (Wildman–Crippen LogP) is 1.98. The van der Waals surface area contributed by atoms with Gasteiger partial charge in [0.25, 0.3) is 0 Å². The molecule has 11 heteroatoms. The summed E-state index contributed by atoms with van der Waals surface area (Å²) in [6.07, 6.45) is 1.63. The van der Waals surface area contributed by atoms with Crippen LogP contribution in [-0.2, 0) is 16.1 Å². The molecule has 0 unspecified atom stereocenters. The summed E-state index contributed by atoms with van der Waals surface area (Å²) in [7, 11) is 1.71. The molecule has 0 saturated carbocycles. The largest absolute Gasteiger partial charge is 0.475 e. The molecule has 35 heavy (non-hydrogen) atoms. The van der Waals surface area contributed by atoms with Crippen LogP contribution in [0, 0.1) is 6.57 Å². The zero-order chi connectivity index (χ0) is 25.1. The van der Waals surface area contributed by atoms with Crippen molar-refractivity contribution in [1.82, 2.24) is 35.8 Å². The summed E-state index contributed by atoms with van der Waals surface area (Å²) in [6, 6.07) is 13.9. The third kappa shape index (κ3) is 7.30. The molecule has 2 atom stereocenters. The predicted molar refractivity (Wildman–Crippen MR) is 128 cm³/mol. The van der Waals surface area contributed by atoms with E-state index in [2.05, 4.69) is 36.0 Å². The topological polar surface area (TPSA) is 120 Å². The van der Waals surface area contributed by atoms with E-state index in [0.29, 0.717) is 18.3 Å². The first-order chi connectivity index (χ1) is 16.9. The molecule has 0 bridgehead atoms. The van der Waals surface area contributed by atoms with E-state index in [0.717, 1.165) is 5.56 Å². The molecule has 1 amide bonds. The highest BCUT2D eigenvalue weighted by molar-refractivity contribution is 5.85. The van der Waals surface area contributed by atoms with E-state index >= 15 is 0 Å². The lowest BCUT2D eigenvalue weighted by molar-refractivity contribution is -0.127. The Hall–Kier alpha value is -3.88. The first-order valence-electron chi connectivity index (χ1n) is 11.2. The second-order valence-electron chi connectivity index (χ2n) is 8.36. The lowest BCUT2D eigenvalue weighted by Crippen LogP contribution is -2.52. The fraction of sp³-hybridized carbons (Fsp3) is 0.417. The molecule has 184 valence electrons. The second-order valence-corrected chi connectivity index (χ2v) is 8.36. The molecule has 3 aromatic rings. The van der Waals surface area contributed by atoms with Gasteiger partial charge >= 0.3 is 0 Å². The lowest BCUT2D eigenvalue weighted by atomic mass is 10.0. The number of rotatable bonds is 13. The smallest absolute Gasteiger partial charge is 0.240 e. The van der Waals surface area contributed by atoms with Crippen molar-refractivity contribution >= 4 is 5.91 Å². The van der Waals surface area contributed by atoms with Crippen LogP contribution in [0.3, 0.4) is 0 Å². The van der Waals surface area contributed by atoms with E-state index in [1.54, 1.807) is 39.2 Å². The third-order valence-electron chi connectivity index (χ3n) is 5.43. The van der Waals surface area contributed by atoms with Gasteiger partial charge in [-0.25, -0.2) is 16.2 Å². The minimum atomic E-state index is -0.825. The maximum atomic E-state index is 13.0. The Kier molecular flexibility index (Phi) is 9.23. The molecule has 0 spiro atoms. The molecule has 11 nitrogen and oxygen atoms in total. The van der Waals surface area contributed by atoms with Crippen molar-refractivity contribution in [2.45, 2.75) is 38.1 Å². The first-order valence-corrected chi connectivity index (χ1v) is 11.2. The van der Waals surface area contributed by atoms with E-state index in [9.17, 15) is 4.79 Å². The average Bonchev–Trinajstić information content (AvgIpc) is 3.36. The number of aromatic nitrogens is 5. The SMILES string of the molecule is [C-]#[N+]C[C@H](COc1ccccn1)n1nnnc1[C@@H](COCc1ccccc1)NC(=O)C(C)(C)NC. The van der Waals surface area contributed by atoms with Crippen LogP contribution in [0.2, 0.25) is 0 Å². The fourth-order valence-corrected chi connectivity index (χ4v) is 3.11. The van der Waals surface area contributed by atoms with Crippen LogP contribution in [0.4, 0.5) is 0 Å². The summed E-state index contributed by atoms with van der Waals surface area (Å²) in [5.74, 6) is 0.565. The lowest BCUT2D eigenvalue weighted by Gasteiger charge is -2.27. The van der Waals surface area contributed by atoms with Gasteiger partial charge in [-0.3, -0.25) is 4.79 Å². The van der Waals surface area contributed by atoms with Gasteiger partial charge in [-0.1, -0.05) is 36.4 Å². The standard InChI is InChI=1S/C24H30N8O3/c1-24(2,26-4)23(33)28-20(17-34-15-18-10-6-5-7-11-18)22-29-30-31-32(22)19(14-25-3)16-35-21-12-8-9-13-27-21/h5-13,19-20,26H,14-17H2,1-2,4H3,(H,28,33)/t19-,20-/m1/s1. The number of nitrogens with zero attached hydrogens (tertiary/aromatic N) is 6. The first kappa shape index (κ1) is 25.7. The number of carbonyl (C=O) groups excluding carboxylic acids is 1. The van der Waals surface area contributed by atoms with Crippen LogP contribution < -0.4 is 15.4 Å². The summed E-state index contributed by atoms with van der Waals surface area (Å²) >= 11 is 0. The highest BCUT2D eigenvalue weighted by Crippen LogP contribution is 2.19. The number of nitrogens with one attached hydrogen (secondary N) is 2. The monoisotopic (exact) mass is 478 g/mol. The van der Waals surface area contributed by atoms with E-state index in [1.165, 1.54) is 4.68 Å². The van der Waals surface area contributed by atoms with Crippen LogP contribution in [-0.4, -0.2) is 63.4 Å². The number of hydrogen-bond acceptors (Lipinski definition) is 8. The van der Waals surface area contributed by atoms with Gasteiger partial charge < -0.3 is 25.0 Å². The molecule has 0 aliphatic heterocycles. The number of tetrazole rings is 1. The fourth-order valence-electron chi connectivity index (χ4n) is 3.11. The minimum Gasteiger partial charge on any atom is -0.475 e. The zero-order valence-corrected chi connectivity index (χ0v) is 20.1. The Balaban J connectivity index is 1.80. The molecule has 0 saturated heterocycles. The van der Waals surface area contributed by atoms with E-state index < -0.39 is 17.6 Å². The van der Waals surface area contributed by atoms with Crippen molar-refractivity contribution < 1.29 is 14.3 Å². The molecule has 0 fully saturated rings. The van der Waals surface area contributed by atoms with Gasteiger partial charge in [0.2, 0.25) is 18.3 Å². The Morgan fingerprint density at radius 3 is 2.63 bits per heavy atom. The van der Waals surface area contributed by atoms with Gasteiger partial charge in [-0.2, -0.15) is 0 Å². The number of likely N-dealkylation sites (N-methyl/N-ethyl adjacent to an activating group) is 1. The summed E-state index contributed by atoms with van der Waals surface area (Å²) < 4.78 is 13.2. The summed E-state index contributed by atoms with van der Waals surface area (Å²) in [6.45, 7) is 11.6. The minimum absolute atomic E-state index is 0.0818. The van der Waals surface area contributed by atoms with Crippen molar-refractivity contribution in [3.8, 4) is 5.88 Å². The van der Waals surface area contributed by atoms with Crippen molar-refractivity contribution in [2.24, 2.45) is 0 Å². The van der Waals surface area contributed by atoms with Gasteiger partial charge in [0.05, 0.1) is 18.8 Å². The number of benzene rings is 1. The van der Waals surface area contributed by atoms with Gasteiger partial charge in [-0.05, 0) is 43.0 Å². The quantitative estimate of drug-likeness (QED) is 0.358. The summed E-state index contributed by atoms with van der Waals surface area (Å²) in [4.78, 5) is 20.6. The number of hydrogen-bond donors (Lipinski definition) is 2. The molecule has 0 radical (unpaired) electrons. The normalized spacial score (nSPS) is 13.0. The molecule has 0 aliphatic rings. The third-order valence-corrected chi connectivity index (χ3v) is 5.43. The van der Waals surface area contributed by atoms with Crippen LogP contribution >= 0.6 is 0 Å². The summed E-state index contributed by atoms with van der Waals surface area (Å²) in [5, 5.41) is 18.1. The molecule has 2 aromatic heterocycles.